The SMILES string of the molecule is CCC[CH2][Sn]([CH2]CCC)([CH2]CCC)[O][C@H]1[C@@H](O)[C@@H](COCc2ccccc2)O[C@@H](O[C@H]2[C@H](O[Si](CC)(CC)CC)C=CO[C@@H]2COCc2ccccc2)[C@@H]1O. The Kier molecular flexibility index (Phi) is 20.7. The van der Waals surface area contributed by atoms with Crippen LogP contribution in [-0.2, 0) is 44.4 Å². The van der Waals surface area contributed by atoms with Crippen LogP contribution in [0.1, 0.15) is 91.2 Å². The Bertz CT molecular complexity index is 1300. The average Bonchev–Trinajstić information content (AvgIpc) is 3.22. The van der Waals surface area contributed by atoms with E-state index >= 15 is 0 Å². The molecule has 2 aliphatic heterocycles. The van der Waals surface area contributed by atoms with Gasteiger partial charge in [-0.25, -0.2) is 0 Å². The third-order valence-electron chi connectivity index (χ3n) is 11.6. The molecule has 2 aromatic rings. The van der Waals surface area contributed by atoms with Gasteiger partial charge >= 0.3 is 321 Å². The van der Waals surface area contributed by atoms with Crippen molar-refractivity contribution in [2.75, 3.05) is 13.2 Å². The van der Waals surface area contributed by atoms with E-state index in [1.807, 2.05) is 66.7 Å². The normalized spacial score (nSPS) is 25.9. The minimum atomic E-state index is -3.37. The Labute approximate surface area is 338 Å². The van der Waals surface area contributed by atoms with Gasteiger partial charge in [-0.1, -0.05) is 18.2 Å². The molecule has 11 heteroatoms. The van der Waals surface area contributed by atoms with Crippen molar-refractivity contribution in [3.05, 3.63) is 84.1 Å². The summed E-state index contributed by atoms with van der Waals surface area (Å²) in [6.45, 7) is 14.5. The molecule has 8 atom stereocenters. The van der Waals surface area contributed by atoms with Crippen molar-refractivity contribution in [3.63, 3.8) is 0 Å². The fourth-order valence-electron chi connectivity index (χ4n) is 7.83. The Hall–Kier alpha value is -1.32. The number of hydrogen-bond donors (Lipinski definition) is 2. The van der Waals surface area contributed by atoms with Crippen LogP contribution in [0.5, 0.6) is 0 Å². The predicted octanol–water partition coefficient (Wildman–Crippen LogP) is 9.29. The van der Waals surface area contributed by atoms with E-state index in [4.69, 9.17) is 31.2 Å². The second-order valence-corrected chi connectivity index (χ2v) is 32.0. The number of ether oxygens (including phenoxy) is 5. The number of aliphatic hydroxyl groups excluding tert-OH is 2. The molecule has 2 aromatic carbocycles. The van der Waals surface area contributed by atoms with Crippen molar-refractivity contribution < 1.29 is 41.4 Å². The fourth-order valence-corrected chi connectivity index (χ4v) is 24.8. The van der Waals surface area contributed by atoms with Gasteiger partial charge in [0.1, 0.15) is 0 Å². The van der Waals surface area contributed by atoms with Crippen LogP contribution in [0.3, 0.4) is 0 Å². The quantitative estimate of drug-likeness (QED) is 0.0895. The number of aliphatic hydroxyl groups is 2. The van der Waals surface area contributed by atoms with Gasteiger partial charge < -0.3 is 0 Å². The second kappa shape index (κ2) is 24.6. The van der Waals surface area contributed by atoms with Gasteiger partial charge in [-0.2, -0.15) is 0 Å². The van der Waals surface area contributed by atoms with Crippen LogP contribution in [0.15, 0.2) is 73.0 Å². The summed E-state index contributed by atoms with van der Waals surface area (Å²) in [5.74, 6) is 0. The first kappa shape index (κ1) is 46.4. The third-order valence-corrected chi connectivity index (χ3v) is 29.3. The van der Waals surface area contributed by atoms with Gasteiger partial charge in [-0.05, 0) is 0 Å². The van der Waals surface area contributed by atoms with E-state index in [-0.39, 0.29) is 13.2 Å². The fraction of sp³-hybridized carbons (Fsp3) is 0.682. The van der Waals surface area contributed by atoms with Gasteiger partial charge in [-0.15, -0.1) is 0 Å². The zero-order chi connectivity index (χ0) is 39.5. The summed E-state index contributed by atoms with van der Waals surface area (Å²) in [7, 11) is -2.11. The van der Waals surface area contributed by atoms with Crippen LogP contribution in [0.4, 0.5) is 0 Å². The predicted molar refractivity (Wildman–Crippen MR) is 224 cm³/mol. The Morgan fingerprint density at radius 1 is 0.655 bits per heavy atom. The van der Waals surface area contributed by atoms with Crippen LogP contribution < -0.4 is 0 Å². The molecule has 0 spiro atoms. The third kappa shape index (κ3) is 13.9. The van der Waals surface area contributed by atoms with Crippen LogP contribution in [0.2, 0.25) is 31.4 Å². The van der Waals surface area contributed by atoms with E-state index in [2.05, 4.69) is 41.5 Å². The molecule has 1 saturated heterocycles. The number of rotatable bonds is 26. The first-order chi connectivity index (χ1) is 26.8. The van der Waals surface area contributed by atoms with Crippen LogP contribution in [-0.4, -0.2) is 99.6 Å². The molecular weight excluding hydrogens is 819 g/mol. The van der Waals surface area contributed by atoms with Gasteiger partial charge in [0, 0.05) is 0 Å². The van der Waals surface area contributed by atoms with E-state index < -0.39 is 76.1 Å². The van der Waals surface area contributed by atoms with Crippen LogP contribution in [0.25, 0.3) is 0 Å². The molecule has 0 bridgehead atoms. The standard InChI is InChI=1S/C32H45O9Si.3C4H9.Sn/c1-4-42(5-2,6-3)41-25-17-18-38-27(22-37-20-24-15-11-8-12-16-24)31(25)40-32-30(35)29(34)28(33)26(39-32)21-36-19-23-13-9-7-10-14-23;3*1-3-4-2;/h7-18,25-33,35H,4-6,19-22H2,1-3H3;3*1,3-4H2,2H3;/q-1;;;;+1/t25-,26-,27-,28+,29+,30-,31+,32+;;;;/m1..../s1. The molecule has 0 amide bonds. The van der Waals surface area contributed by atoms with E-state index in [9.17, 15) is 10.2 Å². The molecule has 2 heterocycles. The Morgan fingerprint density at radius 3 is 1.65 bits per heavy atom. The van der Waals surface area contributed by atoms with Crippen molar-refractivity contribution in [1.29, 1.82) is 0 Å². The maximum absolute atomic E-state index is 12.3. The van der Waals surface area contributed by atoms with Gasteiger partial charge in [0.05, 0.1) is 0 Å². The zero-order valence-electron chi connectivity index (χ0n) is 34.6. The van der Waals surface area contributed by atoms with E-state index in [1.165, 1.54) is 0 Å². The number of hydrogen-bond acceptors (Lipinski definition) is 9. The number of unbranched alkanes of at least 4 members (excludes halogenated alkanes) is 3. The van der Waals surface area contributed by atoms with Crippen LogP contribution in [0, 0.1) is 0 Å². The first-order valence-corrected chi connectivity index (χ1v) is 31.1. The second-order valence-electron chi connectivity index (χ2n) is 15.5. The number of benzene rings is 2. The molecule has 9 nitrogen and oxygen atoms in total. The molecule has 4 rings (SSSR count). The molecule has 0 saturated carbocycles. The van der Waals surface area contributed by atoms with Crippen LogP contribution >= 0.6 is 0 Å². The average molecular weight is 892 g/mol. The van der Waals surface area contributed by atoms with Crippen molar-refractivity contribution in [3.8, 4) is 0 Å². The van der Waals surface area contributed by atoms with E-state index in [0.29, 0.717) is 13.2 Å². The van der Waals surface area contributed by atoms with Gasteiger partial charge in [0.15, 0.2) is 0 Å². The maximum atomic E-state index is 12.3. The summed E-state index contributed by atoms with van der Waals surface area (Å²) in [4.78, 5) is 0. The van der Waals surface area contributed by atoms with E-state index in [0.717, 1.165) is 81.1 Å². The van der Waals surface area contributed by atoms with Crippen molar-refractivity contribution in [2.24, 2.45) is 0 Å². The Morgan fingerprint density at radius 2 is 1.16 bits per heavy atom. The molecule has 0 unspecified atom stereocenters. The molecular formula is C44H72O9SiSn. The van der Waals surface area contributed by atoms with E-state index in [1.54, 1.807) is 6.26 Å². The molecule has 0 aliphatic carbocycles. The van der Waals surface area contributed by atoms with Gasteiger partial charge in [0.25, 0.3) is 0 Å². The van der Waals surface area contributed by atoms with Gasteiger partial charge in [0.2, 0.25) is 0 Å². The molecule has 2 aliphatic rings. The van der Waals surface area contributed by atoms with Crippen molar-refractivity contribution in [2.45, 2.75) is 174 Å². The van der Waals surface area contributed by atoms with Crippen molar-refractivity contribution >= 4 is 27.1 Å². The summed E-state index contributed by atoms with van der Waals surface area (Å²) in [5.41, 5.74) is 2.10. The Balaban J connectivity index is 1.66. The van der Waals surface area contributed by atoms with Crippen molar-refractivity contribution in [1.82, 2.24) is 0 Å². The summed E-state index contributed by atoms with van der Waals surface area (Å²) in [5, 5.41) is 24.3. The molecule has 0 radical (unpaired) electrons. The minimum absolute atomic E-state index is 0.117. The molecule has 55 heavy (non-hydrogen) atoms. The monoisotopic (exact) mass is 892 g/mol. The summed E-state index contributed by atoms with van der Waals surface area (Å²) in [6.07, 6.45) is 3.48. The molecule has 1 fully saturated rings. The first-order valence-electron chi connectivity index (χ1n) is 21.3. The molecule has 310 valence electrons. The summed E-state index contributed by atoms with van der Waals surface area (Å²) < 4.78 is 49.7. The zero-order valence-corrected chi connectivity index (χ0v) is 38.5. The van der Waals surface area contributed by atoms with Gasteiger partial charge in [-0.3, -0.25) is 0 Å². The molecule has 0 aromatic heterocycles. The summed E-state index contributed by atoms with van der Waals surface area (Å²) >= 11 is -3.37. The molecule has 2 N–H and O–H groups in total. The summed E-state index contributed by atoms with van der Waals surface area (Å²) in [6, 6.07) is 23.0. The topological polar surface area (TPSA) is 105 Å².